The summed E-state index contributed by atoms with van der Waals surface area (Å²) in [7, 11) is 2.11. The molecule has 0 saturated heterocycles. The third kappa shape index (κ3) is 1.06. The summed E-state index contributed by atoms with van der Waals surface area (Å²) in [5.74, 6) is 0. The number of nitrogens with zero attached hydrogens (tertiary/aromatic N) is 2. The summed E-state index contributed by atoms with van der Waals surface area (Å²) in [4.78, 5) is 0. The average molecular weight is 153 g/mol. The number of hydrogen-bond donors (Lipinski definition) is 0. The highest BCUT2D eigenvalue weighted by atomic mass is 15.4. The van der Waals surface area contributed by atoms with Crippen molar-refractivity contribution in [2.24, 2.45) is 7.05 Å². The number of hydrogen-bond acceptors (Lipinski definition) is 0. The van der Waals surface area contributed by atoms with Crippen molar-refractivity contribution in [1.82, 2.24) is 4.68 Å². The molecule has 1 heterocycles. The second-order valence-electron chi connectivity index (χ2n) is 3.04. The smallest absolute Gasteiger partial charge is 0.161 e. The largest absolute Gasteiger partial charge is 0.208 e. The lowest BCUT2D eigenvalue weighted by atomic mass is 10.2. The molecule has 0 aliphatic carbocycles. The van der Waals surface area contributed by atoms with Gasteiger partial charge in [0.1, 0.15) is 0 Å². The van der Waals surface area contributed by atoms with Gasteiger partial charge in [0.15, 0.2) is 6.54 Å². The van der Waals surface area contributed by atoms with Crippen LogP contribution in [0.3, 0.4) is 0 Å². The molecule has 11 heavy (non-hydrogen) atoms. The van der Waals surface area contributed by atoms with Gasteiger partial charge in [-0.05, 0) is 20.8 Å². The van der Waals surface area contributed by atoms with Crippen LogP contribution < -0.4 is 4.68 Å². The second-order valence-corrected chi connectivity index (χ2v) is 3.04. The summed E-state index contributed by atoms with van der Waals surface area (Å²) >= 11 is 0. The van der Waals surface area contributed by atoms with Crippen LogP contribution in [0.2, 0.25) is 0 Å². The lowest BCUT2D eigenvalue weighted by Crippen LogP contribution is -2.43. The van der Waals surface area contributed by atoms with Crippen LogP contribution in [0.4, 0.5) is 0 Å². The van der Waals surface area contributed by atoms with Crippen molar-refractivity contribution in [2.45, 2.75) is 34.2 Å². The maximum atomic E-state index is 2.28. The Balaban J connectivity index is 3.36. The first-order chi connectivity index (χ1) is 5.09. The lowest BCUT2D eigenvalue weighted by molar-refractivity contribution is -0.775. The molecule has 0 aromatic carbocycles. The molecule has 2 heteroatoms. The van der Waals surface area contributed by atoms with E-state index in [0.717, 1.165) is 6.54 Å². The fraction of sp³-hybridized carbons (Fsp3) is 0.667. The molecule has 0 unspecified atom stereocenters. The fourth-order valence-electron chi connectivity index (χ4n) is 1.55. The highest BCUT2D eigenvalue weighted by Gasteiger charge is 2.16. The van der Waals surface area contributed by atoms with Gasteiger partial charge in [-0.3, -0.25) is 0 Å². The van der Waals surface area contributed by atoms with Gasteiger partial charge in [-0.25, -0.2) is 0 Å². The predicted molar refractivity (Wildman–Crippen MR) is 45.5 cm³/mol. The molecule has 0 radical (unpaired) electrons. The minimum absolute atomic E-state index is 1.05. The third-order valence-corrected chi connectivity index (χ3v) is 2.62. The standard InChI is InChI=1S/C9H17N2/c1-6-11-9(4)7(2)8(3)10(11)5/h6H2,1-5H3/q+1. The quantitative estimate of drug-likeness (QED) is 0.537. The van der Waals surface area contributed by atoms with Gasteiger partial charge in [0.05, 0.1) is 12.7 Å². The van der Waals surface area contributed by atoms with Gasteiger partial charge in [-0.15, -0.1) is 4.68 Å². The van der Waals surface area contributed by atoms with Crippen LogP contribution in [0.1, 0.15) is 23.9 Å². The lowest BCUT2D eigenvalue weighted by Gasteiger charge is -1.94. The summed E-state index contributed by atoms with van der Waals surface area (Å²) in [5.41, 5.74) is 4.16. The molecule has 1 rings (SSSR count). The molecule has 0 spiro atoms. The summed E-state index contributed by atoms with van der Waals surface area (Å²) in [6.07, 6.45) is 0. The Morgan fingerprint density at radius 1 is 1.27 bits per heavy atom. The van der Waals surface area contributed by atoms with E-state index in [4.69, 9.17) is 0 Å². The molecule has 0 fully saturated rings. The number of aromatic nitrogens is 2. The molecule has 0 saturated carbocycles. The Labute approximate surface area is 68.4 Å². The first-order valence-electron chi connectivity index (χ1n) is 4.12. The van der Waals surface area contributed by atoms with E-state index in [-0.39, 0.29) is 0 Å². The fourth-order valence-corrected chi connectivity index (χ4v) is 1.55. The van der Waals surface area contributed by atoms with Crippen molar-refractivity contribution in [2.75, 3.05) is 0 Å². The van der Waals surface area contributed by atoms with Crippen molar-refractivity contribution in [3.63, 3.8) is 0 Å². The van der Waals surface area contributed by atoms with E-state index in [1.54, 1.807) is 0 Å². The first kappa shape index (κ1) is 8.31. The van der Waals surface area contributed by atoms with Crippen LogP contribution in [0.25, 0.3) is 0 Å². The van der Waals surface area contributed by atoms with Crippen LogP contribution in [0.5, 0.6) is 0 Å². The third-order valence-electron chi connectivity index (χ3n) is 2.62. The second kappa shape index (κ2) is 2.68. The van der Waals surface area contributed by atoms with Crippen LogP contribution >= 0.6 is 0 Å². The van der Waals surface area contributed by atoms with E-state index in [1.165, 1.54) is 17.0 Å². The predicted octanol–water partition coefficient (Wildman–Crippen LogP) is 1.26. The molecule has 1 aromatic heterocycles. The molecule has 0 N–H and O–H groups in total. The molecular weight excluding hydrogens is 136 g/mol. The van der Waals surface area contributed by atoms with E-state index >= 15 is 0 Å². The Bertz CT molecular complexity index is 246. The van der Waals surface area contributed by atoms with Gasteiger partial charge in [-0.2, -0.15) is 4.68 Å². The molecule has 1 aromatic rings. The first-order valence-corrected chi connectivity index (χ1v) is 4.12. The van der Waals surface area contributed by atoms with Crippen LogP contribution in [-0.4, -0.2) is 4.68 Å². The zero-order chi connectivity index (χ0) is 8.59. The normalized spacial score (nSPS) is 10.6. The monoisotopic (exact) mass is 153 g/mol. The van der Waals surface area contributed by atoms with Gasteiger partial charge in [0.25, 0.3) is 0 Å². The van der Waals surface area contributed by atoms with Gasteiger partial charge in [0.2, 0.25) is 5.69 Å². The minimum Gasteiger partial charge on any atom is -0.161 e. The van der Waals surface area contributed by atoms with E-state index < -0.39 is 0 Å². The molecule has 62 valence electrons. The van der Waals surface area contributed by atoms with Gasteiger partial charge >= 0.3 is 0 Å². The van der Waals surface area contributed by atoms with Crippen LogP contribution in [0, 0.1) is 20.8 Å². The van der Waals surface area contributed by atoms with Gasteiger partial charge < -0.3 is 0 Å². The molecule has 0 atom stereocenters. The Kier molecular flexibility index (Phi) is 2.03. The highest BCUT2D eigenvalue weighted by Crippen LogP contribution is 2.07. The summed E-state index contributed by atoms with van der Waals surface area (Å²) < 4.78 is 4.50. The molecular formula is C9H17N2+. The van der Waals surface area contributed by atoms with Crippen LogP contribution in [0.15, 0.2) is 0 Å². The van der Waals surface area contributed by atoms with Gasteiger partial charge in [-0.1, -0.05) is 0 Å². The minimum atomic E-state index is 1.05. The van der Waals surface area contributed by atoms with Crippen molar-refractivity contribution < 1.29 is 4.68 Å². The van der Waals surface area contributed by atoms with E-state index in [1.807, 2.05) is 0 Å². The summed E-state index contributed by atoms with van der Waals surface area (Å²) in [6, 6.07) is 0. The van der Waals surface area contributed by atoms with Gasteiger partial charge in [0, 0.05) is 12.5 Å². The molecule has 2 nitrogen and oxygen atoms in total. The van der Waals surface area contributed by atoms with Crippen LogP contribution in [-0.2, 0) is 13.6 Å². The maximum absolute atomic E-state index is 2.28. The van der Waals surface area contributed by atoms with Crippen molar-refractivity contribution in [3.8, 4) is 0 Å². The van der Waals surface area contributed by atoms with Crippen molar-refractivity contribution >= 4 is 0 Å². The zero-order valence-corrected chi connectivity index (χ0v) is 8.10. The van der Waals surface area contributed by atoms with Crippen molar-refractivity contribution in [1.29, 1.82) is 0 Å². The Morgan fingerprint density at radius 3 is 2.00 bits per heavy atom. The molecule has 0 amide bonds. The summed E-state index contributed by atoms with van der Waals surface area (Å²) in [5, 5.41) is 0. The molecule has 0 aliphatic heterocycles. The molecule has 0 aliphatic rings. The Hall–Kier alpha value is -0.790. The molecule has 0 bridgehead atoms. The zero-order valence-electron chi connectivity index (χ0n) is 8.10. The van der Waals surface area contributed by atoms with E-state index in [0.29, 0.717) is 0 Å². The van der Waals surface area contributed by atoms with E-state index in [2.05, 4.69) is 44.1 Å². The maximum Gasteiger partial charge on any atom is 0.208 e. The highest BCUT2D eigenvalue weighted by molar-refractivity contribution is 5.17. The summed E-state index contributed by atoms with van der Waals surface area (Å²) in [6.45, 7) is 9.74. The van der Waals surface area contributed by atoms with E-state index in [9.17, 15) is 0 Å². The van der Waals surface area contributed by atoms with Crippen molar-refractivity contribution in [3.05, 3.63) is 17.0 Å². The number of rotatable bonds is 1. The SMILES string of the molecule is CC[n+]1c(C)c(C)c(C)n1C. The average Bonchev–Trinajstić information content (AvgIpc) is 2.17. The Morgan fingerprint density at radius 2 is 1.82 bits per heavy atom. The topological polar surface area (TPSA) is 8.81 Å².